The molecule has 0 radical (unpaired) electrons. The Labute approximate surface area is 196 Å². The van der Waals surface area contributed by atoms with Crippen LogP contribution in [0, 0.1) is 0 Å². The molecular weight excluding hydrogens is 454 g/mol. The molecule has 0 aliphatic heterocycles. The van der Waals surface area contributed by atoms with Gasteiger partial charge in [-0.05, 0) is 38.5 Å². The Balaban J connectivity index is 4.13. The highest BCUT2D eigenvalue weighted by atomic mass is 31.2. The summed E-state index contributed by atoms with van der Waals surface area (Å²) in [5.74, 6) is 0. The van der Waals surface area contributed by atoms with Gasteiger partial charge in [0.15, 0.2) is 0 Å². The maximum atomic E-state index is 12.7. The zero-order valence-electron chi connectivity index (χ0n) is 20.9. The van der Waals surface area contributed by atoms with Crippen LogP contribution in [-0.4, -0.2) is 39.6 Å². The van der Waals surface area contributed by atoms with E-state index in [9.17, 15) is 9.13 Å². The average Bonchev–Trinajstić information content (AvgIpc) is 2.76. The minimum Gasteiger partial charge on any atom is -0.287 e. The van der Waals surface area contributed by atoms with Crippen LogP contribution in [0.2, 0.25) is 0 Å². The molecule has 0 N–H and O–H groups in total. The molecule has 0 amide bonds. The number of phosphoric ester groups is 2. The van der Waals surface area contributed by atoms with E-state index < -0.39 is 15.6 Å². The van der Waals surface area contributed by atoms with Crippen molar-refractivity contribution in [3.63, 3.8) is 0 Å². The van der Waals surface area contributed by atoms with Gasteiger partial charge in [-0.2, -0.15) is 0 Å². The van der Waals surface area contributed by atoms with Crippen LogP contribution in [0.4, 0.5) is 0 Å². The summed E-state index contributed by atoms with van der Waals surface area (Å²) in [5.41, 5.74) is 0. The molecule has 0 saturated carbocycles. The van der Waals surface area contributed by atoms with Gasteiger partial charge in [0.2, 0.25) is 0 Å². The molecule has 0 spiro atoms. The minimum absolute atomic E-state index is 0.315. The largest absolute Gasteiger partial charge is 0.474 e. The van der Waals surface area contributed by atoms with Crippen LogP contribution in [0.3, 0.4) is 0 Å². The van der Waals surface area contributed by atoms with Gasteiger partial charge in [0, 0.05) is 0 Å². The van der Waals surface area contributed by atoms with Gasteiger partial charge in [-0.3, -0.25) is 27.1 Å². The SMILES string of the molecule is CCCCOP(=O)(OCCCC)OCCCCCCOP(=O)(OCCCC)OCCCC. The van der Waals surface area contributed by atoms with E-state index in [1.165, 1.54) is 0 Å². The molecule has 0 bridgehead atoms. The molecule has 0 aromatic carbocycles. The summed E-state index contributed by atoms with van der Waals surface area (Å²) >= 11 is 0. The second-order valence-corrected chi connectivity index (χ2v) is 11.1. The van der Waals surface area contributed by atoms with Gasteiger partial charge >= 0.3 is 15.6 Å². The van der Waals surface area contributed by atoms with Gasteiger partial charge in [0.05, 0.1) is 39.6 Å². The molecule has 8 nitrogen and oxygen atoms in total. The summed E-state index contributed by atoms with van der Waals surface area (Å²) in [6, 6.07) is 0. The second kappa shape index (κ2) is 21.7. The van der Waals surface area contributed by atoms with E-state index in [-0.39, 0.29) is 0 Å². The first-order valence-corrected chi connectivity index (χ1v) is 15.4. The number of hydrogen-bond acceptors (Lipinski definition) is 8. The van der Waals surface area contributed by atoms with Crippen molar-refractivity contribution in [1.29, 1.82) is 0 Å². The first-order chi connectivity index (χ1) is 15.4. The normalized spacial score (nSPS) is 12.5. The molecule has 0 rings (SSSR count). The molecule has 0 aliphatic carbocycles. The molecular formula is C22H48O8P2. The Bertz CT molecular complexity index is 432. The smallest absolute Gasteiger partial charge is 0.287 e. The van der Waals surface area contributed by atoms with E-state index in [0.717, 1.165) is 77.0 Å². The zero-order valence-corrected chi connectivity index (χ0v) is 22.7. The summed E-state index contributed by atoms with van der Waals surface area (Å²) in [7, 11) is -6.97. The van der Waals surface area contributed by atoms with Crippen molar-refractivity contribution < 1.29 is 36.3 Å². The lowest BCUT2D eigenvalue weighted by Crippen LogP contribution is -2.05. The molecule has 0 fully saturated rings. The summed E-state index contributed by atoms with van der Waals surface area (Å²) in [4.78, 5) is 0. The Morgan fingerprint density at radius 1 is 0.375 bits per heavy atom. The van der Waals surface area contributed by atoms with Crippen molar-refractivity contribution in [3.05, 3.63) is 0 Å². The van der Waals surface area contributed by atoms with Crippen molar-refractivity contribution in [1.82, 2.24) is 0 Å². The predicted octanol–water partition coefficient (Wildman–Crippen LogP) is 8.06. The molecule has 32 heavy (non-hydrogen) atoms. The Kier molecular flexibility index (Phi) is 21.9. The summed E-state index contributed by atoms with van der Waals surface area (Å²) in [6.07, 6.45) is 10.3. The van der Waals surface area contributed by atoms with Crippen LogP contribution < -0.4 is 0 Å². The van der Waals surface area contributed by atoms with Crippen molar-refractivity contribution in [2.75, 3.05) is 39.6 Å². The van der Waals surface area contributed by atoms with Crippen molar-refractivity contribution in [2.24, 2.45) is 0 Å². The van der Waals surface area contributed by atoms with E-state index in [2.05, 4.69) is 0 Å². The highest BCUT2D eigenvalue weighted by molar-refractivity contribution is 7.48. The number of phosphoric acid groups is 2. The quantitative estimate of drug-likeness (QED) is 0.0914. The van der Waals surface area contributed by atoms with Crippen molar-refractivity contribution >= 4 is 15.6 Å². The fourth-order valence-electron chi connectivity index (χ4n) is 2.42. The molecule has 0 heterocycles. The molecule has 0 saturated heterocycles. The topological polar surface area (TPSA) is 89.5 Å². The van der Waals surface area contributed by atoms with Crippen LogP contribution in [0.1, 0.15) is 105 Å². The third-order valence-corrected chi connectivity index (χ3v) is 7.52. The van der Waals surface area contributed by atoms with E-state index in [1.54, 1.807) is 0 Å². The first kappa shape index (κ1) is 32.2. The molecule has 0 aromatic heterocycles. The van der Waals surface area contributed by atoms with Gasteiger partial charge < -0.3 is 0 Å². The molecule has 0 aliphatic rings. The summed E-state index contributed by atoms with van der Waals surface area (Å²) < 4.78 is 58.0. The third kappa shape index (κ3) is 18.6. The molecule has 10 heteroatoms. The fourth-order valence-corrected chi connectivity index (χ4v) is 4.98. The lowest BCUT2D eigenvalue weighted by molar-refractivity contribution is 0.105. The number of hydrogen-bond donors (Lipinski definition) is 0. The van der Waals surface area contributed by atoms with Crippen LogP contribution >= 0.6 is 15.6 Å². The lowest BCUT2D eigenvalue weighted by Gasteiger charge is -2.18. The second-order valence-electron chi connectivity index (χ2n) is 7.72. The van der Waals surface area contributed by atoms with Crippen LogP contribution in [0.25, 0.3) is 0 Å². The highest BCUT2D eigenvalue weighted by Crippen LogP contribution is 2.50. The van der Waals surface area contributed by atoms with Gasteiger partial charge in [-0.1, -0.05) is 66.2 Å². The van der Waals surface area contributed by atoms with Crippen LogP contribution in [-0.2, 0) is 36.3 Å². The van der Waals surface area contributed by atoms with E-state index in [4.69, 9.17) is 27.1 Å². The monoisotopic (exact) mass is 502 g/mol. The molecule has 0 aromatic rings. The van der Waals surface area contributed by atoms with Crippen LogP contribution in [0.5, 0.6) is 0 Å². The third-order valence-electron chi connectivity index (χ3n) is 4.53. The van der Waals surface area contributed by atoms with Gasteiger partial charge in [-0.15, -0.1) is 0 Å². The molecule has 0 atom stereocenters. The lowest BCUT2D eigenvalue weighted by atomic mass is 10.2. The Morgan fingerprint density at radius 2 is 0.594 bits per heavy atom. The highest BCUT2D eigenvalue weighted by Gasteiger charge is 2.27. The Morgan fingerprint density at radius 3 is 0.812 bits per heavy atom. The van der Waals surface area contributed by atoms with E-state index in [0.29, 0.717) is 39.6 Å². The van der Waals surface area contributed by atoms with Crippen LogP contribution in [0.15, 0.2) is 0 Å². The van der Waals surface area contributed by atoms with Crippen molar-refractivity contribution in [3.8, 4) is 0 Å². The number of unbranched alkanes of at least 4 members (excludes halogenated alkanes) is 7. The van der Waals surface area contributed by atoms with E-state index in [1.807, 2.05) is 27.7 Å². The number of rotatable bonds is 25. The fraction of sp³-hybridized carbons (Fsp3) is 1.00. The standard InChI is InChI=1S/C22H48O8P2/c1-5-9-17-25-31(23,26-18-10-6-2)29-21-15-13-14-16-22-30-32(24,27-19-11-7-3)28-20-12-8-4/h5-22H2,1-4H3. The Hall–Kier alpha value is 0.220. The summed E-state index contributed by atoms with van der Waals surface area (Å²) in [6.45, 7) is 10.3. The minimum atomic E-state index is -3.48. The molecule has 0 unspecified atom stereocenters. The van der Waals surface area contributed by atoms with E-state index >= 15 is 0 Å². The first-order valence-electron chi connectivity index (χ1n) is 12.5. The maximum absolute atomic E-state index is 12.7. The van der Waals surface area contributed by atoms with Gasteiger partial charge in [0.1, 0.15) is 0 Å². The predicted molar refractivity (Wildman–Crippen MR) is 129 cm³/mol. The summed E-state index contributed by atoms with van der Waals surface area (Å²) in [5, 5.41) is 0. The van der Waals surface area contributed by atoms with Gasteiger partial charge in [0.25, 0.3) is 0 Å². The zero-order chi connectivity index (χ0) is 24.0. The molecule has 194 valence electrons. The van der Waals surface area contributed by atoms with Gasteiger partial charge in [-0.25, -0.2) is 9.13 Å². The van der Waals surface area contributed by atoms with Crippen molar-refractivity contribution in [2.45, 2.75) is 105 Å². The average molecular weight is 503 g/mol. The maximum Gasteiger partial charge on any atom is 0.474 e.